The second-order valence-corrected chi connectivity index (χ2v) is 7.38. The molecule has 0 spiro atoms. The molecule has 0 radical (unpaired) electrons. The highest BCUT2D eigenvalue weighted by Crippen LogP contribution is 2.47. The van der Waals surface area contributed by atoms with Gasteiger partial charge in [-0.25, -0.2) is 0 Å². The van der Waals surface area contributed by atoms with Gasteiger partial charge in [0.2, 0.25) is 5.91 Å². The summed E-state index contributed by atoms with van der Waals surface area (Å²) in [4.78, 5) is 14.5. The molecule has 4 rings (SSSR count). The lowest BCUT2D eigenvalue weighted by Gasteiger charge is -2.25. The molecular weight excluding hydrogens is 298 g/mol. The highest BCUT2D eigenvalue weighted by molar-refractivity contribution is 5.76. The van der Waals surface area contributed by atoms with E-state index < -0.39 is 0 Å². The van der Waals surface area contributed by atoms with Crippen molar-refractivity contribution in [2.75, 3.05) is 7.05 Å². The Morgan fingerprint density at radius 3 is 2.83 bits per heavy atom. The van der Waals surface area contributed by atoms with Crippen LogP contribution in [-0.2, 0) is 17.6 Å². The zero-order valence-corrected chi connectivity index (χ0v) is 14.5. The van der Waals surface area contributed by atoms with E-state index >= 15 is 0 Å². The van der Waals surface area contributed by atoms with Gasteiger partial charge in [0, 0.05) is 25.8 Å². The van der Waals surface area contributed by atoms with Gasteiger partial charge in [-0.1, -0.05) is 31.2 Å². The summed E-state index contributed by atoms with van der Waals surface area (Å²) in [5.74, 6) is 3.60. The Morgan fingerprint density at radius 2 is 2.04 bits per heavy atom. The van der Waals surface area contributed by atoms with Crippen molar-refractivity contribution in [1.29, 1.82) is 0 Å². The topological polar surface area (TPSA) is 33.5 Å². The van der Waals surface area contributed by atoms with E-state index in [1.807, 2.05) is 18.0 Å². The summed E-state index contributed by atoms with van der Waals surface area (Å²) >= 11 is 0. The van der Waals surface area contributed by atoms with Gasteiger partial charge in [-0.3, -0.25) is 4.79 Å². The summed E-state index contributed by atoms with van der Waals surface area (Å²) in [5.41, 5.74) is 2.70. The number of hydrogen-bond donors (Lipinski definition) is 0. The Labute approximate surface area is 143 Å². The van der Waals surface area contributed by atoms with Gasteiger partial charge < -0.3 is 9.32 Å². The monoisotopic (exact) mass is 323 g/mol. The molecule has 0 aliphatic heterocycles. The summed E-state index contributed by atoms with van der Waals surface area (Å²) in [5, 5.41) is 0. The molecule has 1 fully saturated rings. The summed E-state index contributed by atoms with van der Waals surface area (Å²) in [6, 6.07) is 12.8. The first kappa shape index (κ1) is 15.5. The van der Waals surface area contributed by atoms with E-state index in [0.29, 0.717) is 18.8 Å². The fourth-order valence-electron chi connectivity index (χ4n) is 3.96. The van der Waals surface area contributed by atoms with Crippen LogP contribution in [0, 0.1) is 5.92 Å². The van der Waals surface area contributed by atoms with Crippen LogP contribution in [0.5, 0.6) is 0 Å². The lowest BCUT2D eigenvalue weighted by Crippen LogP contribution is -2.30. The minimum Gasteiger partial charge on any atom is -0.466 e. The molecule has 1 aromatic carbocycles. The molecule has 1 saturated carbocycles. The van der Waals surface area contributed by atoms with Crippen molar-refractivity contribution >= 4 is 5.91 Å². The third kappa shape index (κ3) is 2.88. The fourth-order valence-corrected chi connectivity index (χ4v) is 3.96. The molecular formula is C21H25NO2. The van der Waals surface area contributed by atoms with Gasteiger partial charge in [-0.15, -0.1) is 0 Å². The molecule has 0 unspecified atom stereocenters. The summed E-state index contributed by atoms with van der Waals surface area (Å²) in [7, 11) is 1.94. The van der Waals surface area contributed by atoms with Crippen LogP contribution in [0.1, 0.15) is 60.8 Å². The summed E-state index contributed by atoms with van der Waals surface area (Å²) in [6.45, 7) is 2.25. The molecule has 2 aromatic rings. The normalized spacial score (nSPS) is 24.7. The van der Waals surface area contributed by atoms with Gasteiger partial charge in [-0.05, 0) is 48.4 Å². The molecule has 0 N–H and O–H groups in total. The first-order valence-corrected chi connectivity index (χ1v) is 9.05. The van der Waals surface area contributed by atoms with E-state index in [1.54, 1.807) is 0 Å². The quantitative estimate of drug-likeness (QED) is 0.813. The van der Waals surface area contributed by atoms with Crippen LogP contribution in [0.2, 0.25) is 0 Å². The third-order valence-corrected chi connectivity index (χ3v) is 5.70. The molecule has 3 nitrogen and oxygen atoms in total. The van der Waals surface area contributed by atoms with E-state index in [-0.39, 0.29) is 11.9 Å². The Bertz CT molecular complexity index is 748. The Kier molecular flexibility index (Phi) is 3.95. The Morgan fingerprint density at radius 1 is 1.25 bits per heavy atom. The average molecular weight is 323 g/mol. The van der Waals surface area contributed by atoms with E-state index in [4.69, 9.17) is 4.42 Å². The van der Waals surface area contributed by atoms with Gasteiger partial charge in [0.05, 0.1) is 6.04 Å². The second kappa shape index (κ2) is 6.12. The second-order valence-electron chi connectivity index (χ2n) is 7.38. The van der Waals surface area contributed by atoms with Crippen LogP contribution in [0.15, 0.2) is 40.8 Å². The zero-order chi connectivity index (χ0) is 16.7. The number of fused-ring (bicyclic) bond motifs is 1. The van der Waals surface area contributed by atoms with E-state index in [2.05, 4.69) is 37.3 Å². The van der Waals surface area contributed by atoms with Crippen LogP contribution in [-0.4, -0.2) is 17.9 Å². The van der Waals surface area contributed by atoms with Crippen molar-refractivity contribution in [2.45, 2.75) is 51.0 Å². The lowest BCUT2D eigenvalue weighted by molar-refractivity contribution is -0.132. The predicted octanol–water partition coefficient (Wildman–Crippen LogP) is 4.48. The number of benzene rings is 1. The van der Waals surface area contributed by atoms with Gasteiger partial charge in [0.15, 0.2) is 0 Å². The molecule has 1 heterocycles. The number of carbonyl (C=O) groups excluding carboxylic acids is 1. The molecule has 24 heavy (non-hydrogen) atoms. The van der Waals surface area contributed by atoms with Crippen LogP contribution in [0.3, 0.4) is 0 Å². The third-order valence-electron chi connectivity index (χ3n) is 5.70. The highest BCUT2D eigenvalue weighted by atomic mass is 16.3. The number of rotatable bonds is 5. The smallest absolute Gasteiger partial charge is 0.223 e. The molecule has 2 aliphatic rings. The first-order chi connectivity index (χ1) is 11.6. The van der Waals surface area contributed by atoms with Crippen LogP contribution >= 0.6 is 0 Å². The molecule has 126 valence electrons. The van der Waals surface area contributed by atoms with Crippen molar-refractivity contribution in [3.8, 4) is 0 Å². The molecule has 3 atom stereocenters. The molecule has 0 bridgehead atoms. The minimum atomic E-state index is 0.203. The van der Waals surface area contributed by atoms with Crippen molar-refractivity contribution in [2.24, 2.45) is 5.92 Å². The van der Waals surface area contributed by atoms with Crippen LogP contribution < -0.4 is 0 Å². The van der Waals surface area contributed by atoms with E-state index in [1.165, 1.54) is 17.5 Å². The van der Waals surface area contributed by atoms with Gasteiger partial charge >= 0.3 is 0 Å². The standard InChI is InChI=1S/C21H25NO2/c1-14-13-18(14)20-11-8-16(24-20)9-12-21(23)22(2)19-10-7-15-5-3-4-6-17(15)19/h3-6,8,11,14,18-19H,7,9-10,12-13H2,1-2H3/t14-,18-,19-/m1/s1. The maximum absolute atomic E-state index is 12.6. The number of nitrogens with zero attached hydrogens (tertiary/aromatic N) is 1. The summed E-state index contributed by atoms with van der Waals surface area (Å²) < 4.78 is 5.92. The maximum Gasteiger partial charge on any atom is 0.223 e. The van der Waals surface area contributed by atoms with Gasteiger partial charge in [0.1, 0.15) is 11.5 Å². The first-order valence-electron chi connectivity index (χ1n) is 9.05. The molecule has 2 aliphatic carbocycles. The number of amides is 1. The Balaban J connectivity index is 1.35. The van der Waals surface area contributed by atoms with Crippen molar-refractivity contribution in [1.82, 2.24) is 4.90 Å². The predicted molar refractivity (Wildman–Crippen MR) is 93.8 cm³/mol. The average Bonchev–Trinajstić information content (AvgIpc) is 3.03. The van der Waals surface area contributed by atoms with Crippen LogP contribution in [0.25, 0.3) is 0 Å². The lowest BCUT2D eigenvalue weighted by atomic mass is 10.1. The number of aryl methyl sites for hydroxylation is 2. The number of furan rings is 1. The van der Waals surface area contributed by atoms with Gasteiger partial charge in [0.25, 0.3) is 0 Å². The zero-order valence-electron chi connectivity index (χ0n) is 14.5. The summed E-state index contributed by atoms with van der Waals surface area (Å²) in [6.07, 6.45) is 4.54. The SMILES string of the molecule is C[C@@H]1C[C@H]1c1ccc(CCC(=O)N(C)[C@@H]2CCc3ccccc32)o1. The molecule has 3 heteroatoms. The Hall–Kier alpha value is -2.03. The van der Waals surface area contributed by atoms with Gasteiger partial charge in [-0.2, -0.15) is 0 Å². The minimum absolute atomic E-state index is 0.203. The van der Waals surface area contributed by atoms with E-state index in [9.17, 15) is 4.79 Å². The molecule has 0 saturated heterocycles. The maximum atomic E-state index is 12.6. The number of hydrogen-bond acceptors (Lipinski definition) is 2. The fraction of sp³-hybridized carbons (Fsp3) is 0.476. The number of carbonyl (C=O) groups is 1. The molecule has 1 aromatic heterocycles. The van der Waals surface area contributed by atoms with E-state index in [0.717, 1.165) is 30.3 Å². The van der Waals surface area contributed by atoms with Crippen molar-refractivity contribution in [3.05, 3.63) is 59.0 Å². The van der Waals surface area contributed by atoms with Crippen molar-refractivity contribution in [3.63, 3.8) is 0 Å². The molecule has 1 amide bonds. The van der Waals surface area contributed by atoms with Crippen LogP contribution in [0.4, 0.5) is 0 Å². The largest absolute Gasteiger partial charge is 0.466 e. The van der Waals surface area contributed by atoms with Crippen molar-refractivity contribution < 1.29 is 9.21 Å². The highest BCUT2D eigenvalue weighted by Gasteiger charge is 2.36.